The lowest BCUT2D eigenvalue weighted by atomic mass is 10.0. The van der Waals surface area contributed by atoms with E-state index in [0.717, 1.165) is 28.4 Å². The van der Waals surface area contributed by atoms with Gasteiger partial charge in [-0.1, -0.05) is 71.7 Å². The average Bonchev–Trinajstić information content (AvgIpc) is 2.95. The maximum atomic E-state index is 13.7. The monoisotopic (exact) mass is 582 g/mol. The first-order chi connectivity index (χ1) is 18.4. The van der Waals surface area contributed by atoms with Gasteiger partial charge in [-0.3, -0.25) is 9.59 Å². The summed E-state index contributed by atoms with van der Waals surface area (Å²) in [6, 6.07) is 21.8. The number of hydrogen-bond donors (Lipinski definition) is 1. The molecule has 0 spiro atoms. The number of nitrogens with one attached hydrogen (secondary N) is 1. The summed E-state index contributed by atoms with van der Waals surface area (Å²) in [5.41, 5.74) is 1.87. The van der Waals surface area contributed by atoms with Gasteiger partial charge in [-0.05, 0) is 29.7 Å². The molecule has 2 amide bonds. The normalized spacial score (nSPS) is 11.4. The van der Waals surface area contributed by atoms with E-state index in [1.807, 2.05) is 54.6 Å². The number of carbonyl (C=O) groups excluding carboxylic acids is 2. The van der Waals surface area contributed by atoms with Crippen LogP contribution in [0, 0.1) is 0 Å². The molecular weight excluding hydrogens is 548 g/mol. The molecule has 0 aromatic heterocycles. The molecule has 0 heterocycles. The lowest BCUT2D eigenvalue weighted by Crippen LogP contribution is -2.51. The van der Waals surface area contributed by atoms with Gasteiger partial charge in [0.05, 0.1) is 14.2 Å². The molecule has 1 atom stereocenters. The number of unbranched alkanes of at least 4 members (excludes halogenated alkanes) is 1. The maximum absolute atomic E-state index is 13.7. The van der Waals surface area contributed by atoms with Crippen LogP contribution < -0.4 is 19.5 Å². The van der Waals surface area contributed by atoms with Crippen molar-refractivity contribution in [3.8, 4) is 17.2 Å². The number of ether oxygens (including phenoxy) is 3. The van der Waals surface area contributed by atoms with Crippen LogP contribution in [0.5, 0.6) is 17.2 Å². The predicted octanol–water partition coefficient (Wildman–Crippen LogP) is 5.40. The summed E-state index contributed by atoms with van der Waals surface area (Å²) < 4.78 is 17.4. The third-order valence-corrected chi connectivity index (χ3v) is 6.58. The first-order valence-electron chi connectivity index (χ1n) is 12.6. The fourth-order valence-electron chi connectivity index (χ4n) is 3.94. The van der Waals surface area contributed by atoms with Crippen molar-refractivity contribution >= 4 is 27.7 Å². The van der Waals surface area contributed by atoms with Gasteiger partial charge in [0.1, 0.15) is 23.3 Å². The van der Waals surface area contributed by atoms with E-state index in [1.54, 1.807) is 37.3 Å². The van der Waals surface area contributed by atoms with Crippen molar-refractivity contribution in [3.63, 3.8) is 0 Å². The second-order valence-corrected chi connectivity index (χ2v) is 9.75. The van der Waals surface area contributed by atoms with Crippen LogP contribution in [0.3, 0.4) is 0 Å². The summed E-state index contributed by atoms with van der Waals surface area (Å²) in [7, 11) is 3.10. The Labute approximate surface area is 233 Å². The van der Waals surface area contributed by atoms with Gasteiger partial charge in [0.15, 0.2) is 6.61 Å². The molecule has 1 N–H and O–H groups in total. The predicted molar refractivity (Wildman–Crippen MR) is 152 cm³/mol. The number of benzene rings is 3. The van der Waals surface area contributed by atoms with Gasteiger partial charge in [-0.15, -0.1) is 0 Å². The quantitative estimate of drug-likeness (QED) is 0.257. The number of carbonyl (C=O) groups is 2. The molecule has 7 nitrogen and oxygen atoms in total. The highest BCUT2D eigenvalue weighted by Crippen LogP contribution is 2.27. The van der Waals surface area contributed by atoms with Crippen molar-refractivity contribution in [1.29, 1.82) is 0 Å². The van der Waals surface area contributed by atoms with E-state index in [9.17, 15) is 9.59 Å². The zero-order chi connectivity index (χ0) is 27.3. The van der Waals surface area contributed by atoms with Crippen molar-refractivity contribution in [1.82, 2.24) is 10.2 Å². The van der Waals surface area contributed by atoms with Crippen molar-refractivity contribution in [2.45, 2.75) is 38.8 Å². The van der Waals surface area contributed by atoms with Gasteiger partial charge in [0.2, 0.25) is 5.91 Å². The zero-order valence-electron chi connectivity index (χ0n) is 22.1. The molecule has 0 bridgehead atoms. The number of halogens is 1. The second-order valence-electron chi connectivity index (χ2n) is 8.84. The number of nitrogens with zero attached hydrogens (tertiary/aromatic N) is 1. The number of methoxy groups -OCH3 is 2. The first kappa shape index (κ1) is 29.0. The standard InChI is InChI=1S/C30H35BrN2O5/c1-4-5-15-32-30(35)28(16-22-9-7-6-8-10-22)33(20-23-11-13-24(31)14-12-23)29(34)21-38-27-18-25(36-2)17-26(19-27)37-3/h6-14,17-19,28H,4-5,15-16,20-21H2,1-3H3,(H,32,35)/t28-/m1/s1. The summed E-state index contributed by atoms with van der Waals surface area (Å²) in [6.07, 6.45) is 2.21. The number of rotatable bonds is 14. The molecule has 3 aromatic rings. The summed E-state index contributed by atoms with van der Waals surface area (Å²) >= 11 is 3.46. The van der Waals surface area contributed by atoms with Crippen LogP contribution in [0.4, 0.5) is 0 Å². The van der Waals surface area contributed by atoms with Gasteiger partial charge >= 0.3 is 0 Å². The number of amides is 2. The summed E-state index contributed by atoms with van der Waals surface area (Å²) in [4.78, 5) is 28.8. The largest absolute Gasteiger partial charge is 0.496 e. The highest BCUT2D eigenvalue weighted by atomic mass is 79.9. The van der Waals surface area contributed by atoms with E-state index in [-0.39, 0.29) is 25.0 Å². The van der Waals surface area contributed by atoms with Crippen LogP contribution in [-0.4, -0.2) is 50.1 Å². The van der Waals surface area contributed by atoms with Gasteiger partial charge in [-0.2, -0.15) is 0 Å². The van der Waals surface area contributed by atoms with Crippen molar-refractivity contribution in [3.05, 3.63) is 88.4 Å². The lowest BCUT2D eigenvalue weighted by Gasteiger charge is -2.31. The number of hydrogen-bond acceptors (Lipinski definition) is 5. The van der Waals surface area contributed by atoms with Gasteiger partial charge in [-0.25, -0.2) is 0 Å². The minimum Gasteiger partial charge on any atom is -0.496 e. The average molecular weight is 584 g/mol. The molecule has 38 heavy (non-hydrogen) atoms. The SMILES string of the molecule is CCCCNC(=O)[C@@H](Cc1ccccc1)N(Cc1ccc(Br)cc1)C(=O)COc1cc(OC)cc(OC)c1. The van der Waals surface area contributed by atoms with E-state index >= 15 is 0 Å². The van der Waals surface area contributed by atoms with Crippen LogP contribution in [0.25, 0.3) is 0 Å². The summed E-state index contributed by atoms with van der Waals surface area (Å²) in [6.45, 7) is 2.64. The van der Waals surface area contributed by atoms with E-state index in [2.05, 4.69) is 28.2 Å². The molecule has 3 rings (SSSR count). The molecule has 0 aliphatic heterocycles. The Balaban J connectivity index is 1.89. The summed E-state index contributed by atoms with van der Waals surface area (Å²) in [5, 5.41) is 3.02. The van der Waals surface area contributed by atoms with Crippen LogP contribution in [0.2, 0.25) is 0 Å². The topological polar surface area (TPSA) is 77.1 Å². The van der Waals surface area contributed by atoms with Crippen molar-refractivity contribution in [2.75, 3.05) is 27.4 Å². The van der Waals surface area contributed by atoms with Crippen LogP contribution in [0.1, 0.15) is 30.9 Å². The third-order valence-electron chi connectivity index (χ3n) is 6.05. The molecule has 0 aliphatic carbocycles. The van der Waals surface area contributed by atoms with Crippen molar-refractivity contribution in [2.24, 2.45) is 0 Å². The van der Waals surface area contributed by atoms with Crippen LogP contribution in [-0.2, 0) is 22.6 Å². The Hall–Kier alpha value is -3.52. The Morgan fingerprint density at radius 2 is 1.53 bits per heavy atom. The highest BCUT2D eigenvalue weighted by Gasteiger charge is 2.30. The van der Waals surface area contributed by atoms with E-state index in [0.29, 0.717) is 30.2 Å². The van der Waals surface area contributed by atoms with E-state index < -0.39 is 6.04 Å². The Kier molecular flexibility index (Phi) is 11.5. The molecule has 0 radical (unpaired) electrons. The van der Waals surface area contributed by atoms with Crippen LogP contribution in [0.15, 0.2) is 77.3 Å². The van der Waals surface area contributed by atoms with Gasteiger partial charge in [0.25, 0.3) is 5.91 Å². The molecule has 0 fully saturated rings. The first-order valence-corrected chi connectivity index (χ1v) is 13.4. The maximum Gasteiger partial charge on any atom is 0.261 e. The smallest absolute Gasteiger partial charge is 0.261 e. The molecule has 0 saturated heterocycles. The molecule has 202 valence electrons. The zero-order valence-corrected chi connectivity index (χ0v) is 23.7. The third kappa shape index (κ3) is 8.80. The molecule has 0 saturated carbocycles. The molecule has 0 unspecified atom stereocenters. The van der Waals surface area contributed by atoms with Crippen molar-refractivity contribution < 1.29 is 23.8 Å². The van der Waals surface area contributed by atoms with Gasteiger partial charge in [0, 0.05) is 42.2 Å². The molecule has 0 aliphatic rings. The molecule has 3 aromatic carbocycles. The molecule has 8 heteroatoms. The lowest BCUT2D eigenvalue weighted by molar-refractivity contribution is -0.142. The summed E-state index contributed by atoms with van der Waals surface area (Å²) in [5.74, 6) is 1.05. The highest BCUT2D eigenvalue weighted by molar-refractivity contribution is 9.10. The van der Waals surface area contributed by atoms with Crippen LogP contribution >= 0.6 is 15.9 Å². The Morgan fingerprint density at radius 3 is 2.13 bits per heavy atom. The minimum absolute atomic E-state index is 0.184. The fraction of sp³-hybridized carbons (Fsp3) is 0.333. The second kappa shape index (κ2) is 15.0. The van der Waals surface area contributed by atoms with E-state index in [1.165, 1.54) is 0 Å². The van der Waals surface area contributed by atoms with Gasteiger partial charge < -0.3 is 24.4 Å². The fourth-order valence-corrected chi connectivity index (χ4v) is 4.20. The Morgan fingerprint density at radius 1 is 0.895 bits per heavy atom. The Bertz CT molecular complexity index is 1150. The van der Waals surface area contributed by atoms with E-state index in [4.69, 9.17) is 14.2 Å². The minimum atomic E-state index is -0.714. The molecular formula is C30H35BrN2O5.